The molecule has 0 aliphatic carbocycles. The van der Waals surface area contributed by atoms with Gasteiger partial charge in [-0.05, 0) is 146 Å². The van der Waals surface area contributed by atoms with Gasteiger partial charge in [-0.2, -0.15) is 31.6 Å². The van der Waals surface area contributed by atoms with Gasteiger partial charge in [0.15, 0.2) is 0 Å². The highest BCUT2D eigenvalue weighted by Gasteiger charge is 2.33. The first-order chi connectivity index (χ1) is 35.2. The van der Waals surface area contributed by atoms with Crippen molar-refractivity contribution in [3.63, 3.8) is 0 Å². The van der Waals surface area contributed by atoms with Crippen LogP contribution in [0.15, 0.2) is 127 Å². The molecule has 6 aromatic rings. The van der Waals surface area contributed by atoms with Crippen LogP contribution in [-0.4, -0.2) is 0 Å². The van der Waals surface area contributed by atoms with E-state index in [1.54, 1.807) is 26.0 Å². The van der Waals surface area contributed by atoms with Gasteiger partial charge in [0.05, 0.1) is 23.6 Å². The Morgan fingerprint density at radius 2 is 0.769 bits per heavy atom. The zero-order valence-electron chi connectivity index (χ0n) is 50.4. The van der Waals surface area contributed by atoms with E-state index >= 15 is 0 Å². The van der Waals surface area contributed by atoms with Crippen LogP contribution in [0.1, 0.15) is 197 Å². The van der Waals surface area contributed by atoms with Crippen LogP contribution in [-0.2, 0) is 51.3 Å². The molecule has 0 heterocycles. The molecule has 9 heteroatoms. The van der Waals surface area contributed by atoms with E-state index in [1.165, 1.54) is 52.6 Å². The van der Waals surface area contributed by atoms with Crippen LogP contribution in [0.4, 0.5) is 30.7 Å². The molecule has 0 saturated heterocycles. The lowest BCUT2D eigenvalue weighted by atomic mass is 9.85. The lowest BCUT2D eigenvalue weighted by molar-refractivity contribution is -0.138. The van der Waals surface area contributed by atoms with Crippen molar-refractivity contribution in [2.45, 2.75) is 197 Å². The Morgan fingerprint density at radius 1 is 0.410 bits per heavy atom. The van der Waals surface area contributed by atoms with E-state index in [-0.39, 0.29) is 38.3 Å². The summed E-state index contributed by atoms with van der Waals surface area (Å²) in [5.41, 5.74) is 10.2. The number of rotatable bonds is 1. The van der Waals surface area contributed by atoms with Crippen molar-refractivity contribution in [3.05, 3.63) is 211 Å². The minimum atomic E-state index is -4.26. The first kappa shape index (κ1) is 70.2. The van der Waals surface area contributed by atoms with E-state index in [2.05, 4.69) is 131 Å². The summed E-state index contributed by atoms with van der Waals surface area (Å²) in [5.74, 6) is 2.52. The molecule has 0 amide bonds. The molecule has 0 N–H and O–H groups in total. The van der Waals surface area contributed by atoms with E-state index in [0.717, 1.165) is 38.9 Å². The van der Waals surface area contributed by atoms with Gasteiger partial charge in [-0.25, -0.2) is 4.39 Å². The first-order valence-corrected chi connectivity index (χ1v) is 26.5. The Kier molecular flexibility index (Phi) is 25.5. The van der Waals surface area contributed by atoms with E-state index in [4.69, 9.17) is 23.3 Å². The number of hydrogen-bond acceptors (Lipinski definition) is 1. The summed E-state index contributed by atoms with van der Waals surface area (Å²) in [7, 11) is 0. The molecule has 0 radical (unpaired) electrons. The van der Waals surface area contributed by atoms with E-state index in [9.17, 15) is 30.7 Å². The Labute approximate surface area is 471 Å². The molecule has 0 aromatic heterocycles. The van der Waals surface area contributed by atoms with Crippen molar-refractivity contribution in [1.29, 1.82) is 5.26 Å². The van der Waals surface area contributed by atoms with Gasteiger partial charge >= 0.3 is 12.4 Å². The molecule has 424 valence electrons. The molecule has 6 rings (SSSR count). The average Bonchev–Trinajstić information content (AvgIpc) is 3.30. The minimum absolute atomic E-state index is 0.110. The topological polar surface area (TPSA) is 23.8 Å². The molecule has 0 aliphatic heterocycles. The molecular formula is C69H87ClF7N. The van der Waals surface area contributed by atoms with Crippen molar-refractivity contribution in [3.8, 4) is 18.4 Å². The molecule has 0 atom stereocenters. The Morgan fingerprint density at radius 3 is 1.17 bits per heavy atom. The van der Waals surface area contributed by atoms with E-state index in [1.807, 2.05) is 90.9 Å². The smallest absolute Gasteiger partial charge is 0.207 e. The quantitative estimate of drug-likeness (QED) is 0.119. The molecule has 1 nitrogen and oxygen atoms in total. The summed E-state index contributed by atoms with van der Waals surface area (Å²) in [6, 6.07) is 39.7. The van der Waals surface area contributed by atoms with Crippen LogP contribution >= 0.6 is 11.6 Å². The number of hydrogen-bond donors (Lipinski definition) is 0. The lowest BCUT2D eigenvalue weighted by Crippen LogP contribution is -2.14. The molecule has 0 saturated carbocycles. The summed E-state index contributed by atoms with van der Waals surface area (Å²) in [6.07, 6.45) is -2.69. The van der Waals surface area contributed by atoms with Crippen LogP contribution in [0.25, 0.3) is 0 Å². The Bertz CT molecular complexity index is 2780. The van der Waals surface area contributed by atoms with Gasteiger partial charge in [-0.15, -0.1) is 6.42 Å². The first-order valence-electron chi connectivity index (χ1n) is 26.2. The number of benzene rings is 6. The largest absolute Gasteiger partial charge is 0.416 e. The van der Waals surface area contributed by atoms with Crippen LogP contribution < -0.4 is 0 Å². The third-order valence-electron chi connectivity index (χ3n) is 12.4. The summed E-state index contributed by atoms with van der Waals surface area (Å²) in [6.45, 7) is 43.0. The van der Waals surface area contributed by atoms with Gasteiger partial charge in [-0.1, -0.05) is 233 Å². The van der Waals surface area contributed by atoms with Crippen LogP contribution in [0.3, 0.4) is 0 Å². The fourth-order valence-corrected chi connectivity index (χ4v) is 7.17. The molecule has 0 aliphatic rings. The summed E-state index contributed by atoms with van der Waals surface area (Å²) in [5, 5.41) is 9.35. The van der Waals surface area contributed by atoms with Gasteiger partial charge in [0, 0.05) is 10.6 Å². The molecule has 0 spiro atoms. The number of aryl methyl sites for hydroxylation is 3. The Balaban J connectivity index is 0.000000469. The van der Waals surface area contributed by atoms with E-state index < -0.39 is 23.5 Å². The standard InChI is InChI=1S/C12H15F3.C12H15N.C12H14.C11H15Cl.C11H13F3.C11H15F/c1-8-5-9(11(2,3)4)7-10(6-8)12(13,14)15;1-12(2,3)11-6-4-10(5-7-11)8-9-13;1-5-10-7-6-8-11(9-10)12(2,3)4;1-8-7-9(11(2,3)4)5-6-10(8)12;1-10(2,3)8-5-4-6-9(7-8)11(12,13)14;1-8-7-9(11(2,3)4)5-6-10(8)12/h5-7H,1-4H3;4-7H,8H2,1-3H3;1,6-9H,2-4H3;5-7H,1-4H3;4-7H,1-3H3;5-7H,1-4H3. The maximum atomic E-state index is 12.9. The number of nitriles is 1. The highest BCUT2D eigenvalue weighted by molar-refractivity contribution is 6.31. The zero-order chi connectivity index (χ0) is 60.6. The SMILES string of the molecule is C#Cc1cccc(C(C)(C)C)c1.CC(C)(C)c1ccc(CC#N)cc1.CC(C)(C)c1cccc(C(F)(F)F)c1.Cc1cc(C(C)(C)C)cc(C(F)(F)F)c1.Cc1cc(C(C)(C)C)ccc1Cl.Cc1cc(C(C)(C)C)ccc1F. The zero-order valence-corrected chi connectivity index (χ0v) is 51.1. The maximum absolute atomic E-state index is 12.9. The van der Waals surface area contributed by atoms with Gasteiger partial charge in [0.1, 0.15) is 5.82 Å². The molecule has 0 fully saturated rings. The number of alkyl halides is 6. The minimum Gasteiger partial charge on any atom is -0.207 e. The monoisotopic (exact) mass is 1100 g/mol. The fourth-order valence-electron chi connectivity index (χ4n) is 7.05. The average molecular weight is 1100 g/mol. The summed E-state index contributed by atoms with van der Waals surface area (Å²) >= 11 is 5.93. The second-order valence-electron chi connectivity index (χ2n) is 25.8. The predicted molar refractivity (Wildman–Crippen MR) is 317 cm³/mol. The molecule has 0 unspecified atom stereocenters. The normalized spacial score (nSPS) is 11.9. The third kappa shape index (κ3) is 25.3. The highest BCUT2D eigenvalue weighted by atomic mass is 35.5. The lowest BCUT2D eigenvalue weighted by Gasteiger charge is -2.21. The maximum Gasteiger partial charge on any atom is 0.416 e. The van der Waals surface area contributed by atoms with Crippen LogP contribution in [0, 0.1) is 50.3 Å². The number of halogens is 8. The molecular weight excluding hydrogens is 1010 g/mol. The van der Waals surface area contributed by atoms with Gasteiger partial charge in [0.25, 0.3) is 0 Å². The predicted octanol–water partition coefficient (Wildman–Crippen LogP) is 21.7. The molecule has 6 aromatic carbocycles. The van der Waals surface area contributed by atoms with Gasteiger partial charge in [-0.3, -0.25) is 0 Å². The van der Waals surface area contributed by atoms with Crippen LogP contribution in [0.2, 0.25) is 5.02 Å². The van der Waals surface area contributed by atoms with Gasteiger partial charge < -0.3 is 0 Å². The highest BCUT2D eigenvalue weighted by Crippen LogP contribution is 2.35. The van der Waals surface area contributed by atoms with E-state index in [0.29, 0.717) is 17.5 Å². The fraction of sp³-hybridized carbons (Fsp3) is 0.435. The third-order valence-corrected chi connectivity index (χ3v) is 12.8. The number of terminal acetylenes is 1. The van der Waals surface area contributed by atoms with Crippen molar-refractivity contribution in [2.75, 3.05) is 0 Å². The second kappa shape index (κ2) is 28.4. The van der Waals surface area contributed by atoms with Crippen molar-refractivity contribution >= 4 is 11.6 Å². The van der Waals surface area contributed by atoms with Crippen molar-refractivity contribution < 1.29 is 30.7 Å². The van der Waals surface area contributed by atoms with Crippen molar-refractivity contribution in [1.82, 2.24) is 0 Å². The molecule has 78 heavy (non-hydrogen) atoms. The van der Waals surface area contributed by atoms with Crippen molar-refractivity contribution in [2.24, 2.45) is 0 Å². The molecule has 0 bridgehead atoms. The summed E-state index contributed by atoms with van der Waals surface area (Å²) < 4.78 is 87.6. The second-order valence-corrected chi connectivity index (χ2v) is 26.3. The van der Waals surface area contributed by atoms with Crippen LogP contribution in [0.5, 0.6) is 0 Å². The Hall–Kier alpha value is -5.83. The number of nitrogens with zero attached hydrogens (tertiary/aromatic N) is 1. The van der Waals surface area contributed by atoms with Gasteiger partial charge in [0.2, 0.25) is 0 Å². The summed E-state index contributed by atoms with van der Waals surface area (Å²) in [4.78, 5) is 0.